The summed E-state index contributed by atoms with van der Waals surface area (Å²) in [5.74, 6) is 0.249. The summed E-state index contributed by atoms with van der Waals surface area (Å²) in [4.78, 5) is 0. The zero-order valence-corrected chi connectivity index (χ0v) is 8.21. The van der Waals surface area contributed by atoms with E-state index in [-0.39, 0.29) is 11.5 Å². The predicted octanol–water partition coefficient (Wildman–Crippen LogP) is 2.43. The molecule has 2 N–H and O–H groups in total. The molecule has 0 radical (unpaired) electrons. The van der Waals surface area contributed by atoms with Gasteiger partial charge in [0, 0.05) is 11.4 Å². The smallest absolute Gasteiger partial charge is 0.119 e. The Morgan fingerprint density at radius 3 is 2.17 bits per heavy atom. The maximum atomic E-state index is 9.12. The second-order valence-electron chi connectivity index (χ2n) is 2.65. The van der Waals surface area contributed by atoms with E-state index >= 15 is 0 Å². The molecule has 0 aliphatic rings. The lowest BCUT2D eigenvalue weighted by atomic mass is 10.1. The van der Waals surface area contributed by atoms with Crippen molar-refractivity contribution >= 4 is 15.9 Å². The SMILES string of the molecule is Oc1cc(O)cc(CCCBr)c1. The molecular formula is C9H11BrO2. The first-order chi connectivity index (χ1) is 5.72. The van der Waals surface area contributed by atoms with Crippen molar-refractivity contribution in [2.24, 2.45) is 0 Å². The Bertz CT molecular complexity index is 240. The molecule has 2 nitrogen and oxygen atoms in total. The van der Waals surface area contributed by atoms with Crippen molar-refractivity contribution in [3.8, 4) is 11.5 Å². The third kappa shape index (κ3) is 2.74. The molecule has 0 amide bonds. The highest BCUT2D eigenvalue weighted by Gasteiger charge is 1.98. The molecule has 0 aliphatic heterocycles. The topological polar surface area (TPSA) is 40.5 Å². The van der Waals surface area contributed by atoms with Crippen LogP contribution in [0.5, 0.6) is 11.5 Å². The fraction of sp³-hybridized carbons (Fsp3) is 0.333. The van der Waals surface area contributed by atoms with E-state index in [1.807, 2.05) is 0 Å². The minimum atomic E-state index is 0.125. The molecule has 0 aromatic heterocycles. The Morgan fingerprint density at radius 2 is 1.67 bits per heavy atom. The lowest BCUT2D eigenvalue weighted by Crippen LogP contribution is -1.85. The molecule has 66 valence electrons. The third-order valence-corrected chi connectivity index (χ3v) is 2.12. The minimum absolute atomic E-state index is 0.125. The number of rotatable bonds is 3. The minimum Gasteiger partial charge on any atom is -0.508 e. The van der Waals surface area contributed by atoms with Gasteiger partial charge in [-0.05, 0) is 30.5 Å². The van der Waals surface area contributed by atoms with Gasteiger partial charge in [0.15, 0.2) is 0 Å². The Hall–Kier alpha value is -0.700. The number of phenols is 2. The molecule has 0 spiro atoms. The van der Waals surface area contributed by atoms with Crippen LogP contribution in [0.2, 0.25) is 0 Å². The standard InChI is InChI=1S/C9H11BrO2/c10-3-1-2-7-4-8(11)6-9(12)5-7/h4-6,11-12H,1-3H2. The number of phenolic OH excluding ortho intramolecular Hbond substituents is 2. The van der Waals surface area contributed by atoms with E-state index in [2.05, 4.69) is 15.9 Å². The number of hydrogen-bond acceptors (Lipinski definition) is 2. The Kier molecular flexibility index (Phi) is 3.41. The largest absolute Gasteiger partial charge is 0.508 e. The van der Waals surface area contributed by atoms with Crippen LogP contribution >= 0.6 is 15.9 Å². The highest BCUT2D eigenvalue weighted by molar-refractivity contribution is 9.09. The third-order valence-electron chi connectivity index (χ3n) is 1.56. The Morgan fingerprint density at radius 1 is 1.08 bits per heavy atom. The van der Waals surface area contributed by atoms with Crippen LogP contribution in [-0.2, 0) is 6.42 Å². The van der Waals surface area contributed by atoms with Crippen LogP contribution in [0.1, 0.15) is 12.0 Å². The Labute approximate surface area is 80.0 Å². The summed E-state index contributed by atoms with van der Waals surface area (Å²) in [6.07, 6.45) is 1.87. The van der Waals surface area contributed by atoms with Gasteiger partial charge in [-0.3, -0.25) is 0 Å². The molecular weight excluding hydrogens is 220 g/mol. The molecule has 0 bridgehead atoms. The fourth-order valence-electron chi connectivity index (χ4n) is 1.07. The molecule has 3 heteroatoms. The van der Waals surface area contributed by atoms with Crippen molar-refractivity contribution in [2.45, 2.75) is 12.8 Å². The van der Waals surface area contributed by atoms with E-state index < -0.39 is 0 Å². The quantitative estimate of drug-likeness (QED) is 0.784. The Balaban J connectivity index is 2.72. The lowest BCUT2D eigenvalue weighted by molar-refractivity contribution is 0.449. The van der Waals surface area contributed by atoms with E-state index in [1.165, 1.54) is 6.07 Å². The van der Waals surface area contributed by atoms with Crippen LogP contribution in [-0.4, -0.2) is 15.5 Å². The van der Waals surface area contributed by atoms with Gasteiger partial charge in [-0.15, -0.1) is 0 Å². The zero-order chi connectivity index (χ0) is 8.97. The molecule has 0 saturated heterocycles. The number of aryl methyl sites for hydroxylation is 1. The number of aromatic hydroxyl groups is 2. The normalized spacial score (nSPS) is 10.1. The summed E-state index contributed by atoms with van der Waals surface area (Å²) >= 11 is 3.32. The van der Waals surface area contributed by atoms with Crippen LogP contribution in [0.15, 0.2) is 18.2 Å². The number of hydrogen-bond donors (Lipinski definition) is 2. The summed E-state index contributed by atoms with van der Waals surface area (Å²) in [5, 5.41) is 19.2. The lowest BCUT2D eigenvalue weighted by Gasteiger charge is -2.01. The highest BCUT2D eigenvalue weighted by atomic mass is 79.9. The van der Waals surface area contributed by atoms with Gasteiger partial charge >= 0.3 is 0 Å². The molecule has 12 heavy (non-hydrogen) atoms. The first kappa shape index (κ1) is 9.39. The predicted molar refractivity (Wildman–Crippen MR) is 51.9 cm³/mol. The summed E-state index contributed by atoms with van der Waals surface area (Å²) in [5.41, 5.74) is 0.965. The van der Waals surface area contributed by atoms with E-state index in [0.717, 1.165) is 23.7 Å². The number of halogens is 1. The molecule has 0 heterocycles. The van der Waals surface area contributed by atoms with E-state index in [1.54, 1.807) is 12.1 Å². The van der Waals surface area contributed by atoms with Crippen LogP contribution in [0.25, 0.3) is 0 Å². The van der Waals surface area contributed by atoms with Crippen LogP contribution in [0.3, 0.4) is 0 Å². The van der Waals surface area contributed by atoms with Gasteiger partial charge in [0.05, 0.1) is 0 Å². The zero-order valence-electron chi connectivity index (χ0n) is 6.63. The average molecular weight is 231 g/mol. The second kappa shape index (κ2) is 4.36. The molecule has 0 unspecified atom stereocenters. The van der Waals surface area contributed by atoms with Crippen molar-refractivity contribution in [3.63, 3.8) is 0 Å². The van der Waals surface area contributed by atoms with Gasteiger partial charge in [0.25, 0.3) is 0 Å². The number of alkyl halides is 1. The monoisotopic (exact) mass is 230 g/mol. The van der Waals surface area contributed by atoms with E-state index in [9.17, 15) is 0 Å². The first-order valence-electron chi connectivity index (χ1n) is 3.80. The van der Waals surface area contributed by atoms with Crippen molar-refractivity contribution in [2.75, 3.05) is 5.33 Å². The summed E-state index contributed by atoms with van der Waals surface area (Å²) in [6, 6.07) is 4.67. The molecule has 0 atom stereocenters. The molecule has 1 rings (SSSR count). The van der Waals surface area contributed by atoms with Gasteiger partial charge in [0.1, 0.15) is 11.5 Å². The van der Waals surface area contributed by atoms with Crippen molar-refractivity contribution in [3.05, 3.63) is 23.8 Å². The molecule has 0 fully saturated rings. The summed E-state index contributed by atoms with van der Waals surface area (Å²) in [6.45, 7) is 0. The average Bonchev–Trinajstić information content (AvgIpc) is 1.99. The first-order valence-corrected chi connectivity index (χ1v) is 4.92. The van der Waals surface area contributed by atoms with Gasteiger partial charge < -0.3 is 10.2 Å². The van der Waals surface area contributed by atoms with Crippen molar-refractivity contribution < 1.29 is 10.2 Å². The molecule has 1 aromatic carbocycles. The molecule has 1 aromatic rings. The van der Waals surface area contributed by atoms with Gasteiger partial charge in [-0.1, -0.05) is 15.9 Å². The summed E-state index contributed by atoms with van der Waals surface area (Å²) < 4.78 is 0. The second-order valence-corrected chi connectivity index (χ2v) is 3.44. The molecule has 0 saturated carbocycles. The van der Waals surface area contributed by atoms with Gasteiger partial charge in [-0.25, -0.2) is 0 Å². The van der Waals surface area contributed by atoms with Crippen LogP contribution in [0, 0.1) is 0 Å². The van der Waals surface area contributed by atoms with Gasteiger partial charge in [-0.2, -0.15) is 0 Å². The maximum absolute atomic E-state index is 9.12. The maximum Gasteiger partial charge on any atom is 0.119 e. The van der Waals surface area contributed by atoms with Gasteiger partial charge in [0.2, 0.25) is 0 Å². The summed E-state index contributed by atoms with van der Waals surface area (Å²) in [7, 11) is 0. The molecule has 0 aliphatic carbocycles. The van der Waals surface area contributed by atoms with Crippen molar-refractivity contribution in [1.29, 1.82) is 0 Å². The van der Waals surface area contributed by atoms with E-state index in [0.29, 0.717) is 0 Å². The van der Waals surface area contributed by atoms with Crippen LogP contribution < -0.4 is 0 Å². The van der Waals surface area contributed by atoms with E-state index in [4.69, 9.17) is 10.2 Å². The highest BCUT2D eigenvalue weighted by Crippen LogP contribution is 2.21. The fourth-order valence-corrected chi connectivity index (χ4v) is 1.35. The van der Waals surface area contributed by atoms with Crippen LogP contribution in [0.4, 0.5) is 0 Å². The van der Waals surface area contributed by atoms with Crippen molar-refractivity contribution in [1.82, 2.24) is 0 Å². The number of benzene rings is 1.